The van der Waals surface area contributed by atoms with Gasteiger partial charge in [0, 0.05) is 20.5 Å². The van der Waals surface area contributed by atoms with E-state index in [0.29, 0.717) is 37.5 Å². The van der Waals surface area contributed by atoms with E-state index in [1.165, 1.54) is 24.5 Å². The molecule has 1 aromatic heterocycles. The number of methoxy groups -OCH3 is 1. The molecule has 188 valence electrons. The Labute approximate surface area is 233 Å². The molecule has 0 fully saturated rings. The van der Waals surface area contributed by atoms with Crippen LogP contribution in [0.2, 0.25) is 15.1 Å². The fourth-order valence-corrected chi connectivity index (χ4v) is 5.98. The van der Waals surface area contributed by atoms with E-state index in [1.54, 1.807) is 30.3 Å². The number of amides is 1. The average Bonchev–Trinajstić information content (AvgIpc) is 3.23. The third kappa shape index (κ3) is 6.04. The Morgan fingerprint density at radius 1 is 1.14 bits per heavy atom. The van der Waals surface area contributed by atoms with E-state index < -0.39 is 5.91 Å². The minimum atomic E-state index is -0.606. The zero-order valence-corrected chi connectivity index (χ0v) is 22.7. The molecule has 0 spiro atoms. The van der Waals surface area contributed by atoms with Gasteiger partial charge in [0.15, 0.2) is 11.5 Å². The van der Waals surface area contributed by atoms with Gasteiger partial charge < -0.3 is 14.8 Å². The van der Waals surface area contributed by atoms with E-state index in [2.05, 4.69) is 11.4 Å². The number of nitrogens with one attached hydrogen (secondary N) is 1. The van der Waals surface area contributed by atoms with Crippen LogP contribution in [-0.2, 0) is 24.2 Å². The van der Waals surface area contributed by atoms with Crippen molar-refractivity contribution in [2.45, 2.75) is 32.3 Å². The fraction of sp³-hybridized carbons (Fsp3) is 0.222. The average molecular weight is 573 g/mol. The first-order valence-corrected chi connectivity index (χ1v) is 13.2. The second-order valence-electron chi connectivity index (χ2n) is 8.21. The van der Waals surface area contributed by atoms with Crippen LogP contribution in [0.4, 0.5) is 5.00 Å². The standard InChI is InChI=1S/C27H20Cl3N3O3S/c1-35-23-10-15(9-22(30)25(23)36-14-16-6-7-18(28)11-21(16)29)8-17(12-31)26(34)33-27-20(13-32)19-4-2-3-5-24(19)37-27/h6-11H,2-5,14H2,1H3,(H,33,34)/b17-8+. The number of thiophene rings is 1. The summed E-state index contributed by atoms with van der Waals surface area (Å²) in [7, 11) is 1.46. The van der Waals surface area contributed by atoms with Crippen molar-refractivity contribution in [1.29, 1.82) is 10.5 Å². The number of ether oxygens (including phenoxy) is 2. The van der Waals surface area contributed by atoms with Gasteiger partial charge in [-0.25, -0.2) is 0 Å². The molecule has 0 saturated heterocycles. The lowest BCUT2D eigenvalue weighted by Gasteiger charge is -2.14. The van der Waals surface area contributed by atoms with Crippen molar-refractivity contribution < 1.29 is 14.3 Å². The van der Waals surface area contributed by atoms with E-state index in [4.69, 9.17) is 44.3 Å². The van der Waals surface area contributed by atoms with Crippen LogP contribution in [0.1, 0.15) is 40.0 Å². The van der Waals surface area contributed by atoms with Gasteiger partial charge in [-0.15, -0.1) is 11.3 Å². The second kappa shape index (κ2) is 11.9. The number of nitrogens with zero attached hydrogens (tertiary/aromatic N) is 2. The number of hydrogen-bond acceptors (Lipinski definition) is 6. The first kappa shape index (κ1) is 26.9. The predicted molar refractivity (Wildman–Crippen MR) is 147 cm³/mol. The summed E-state index contributed by atoms with van der Waals surface area (Å²) < 4.78 is 11.3. The van der Waals surface area contributed by atoms with E-state index in [9.17, 15) is 15.3 Å². The minimum Gasteiger partial charge on any atom is -0.493 e. The predicted octanol–water partition coefficient (Wildman–Crippen LogP) is 7.59. The highest BCUT2D eigenvalue weighted by Gasteiger charge is 2.23. The summed E-state index contributed by atoms with van der Waals surface area (Å²) >= 11 is 20.0. The lowest BCUT2D eigenvalue weighted by molar-refractivity contribution is -0.112. The fourth-order valence-electron chi connectivity index (χ4n) is 4.01. The van der Waals surface area contributed by atoms with Gasteiger partial charge in [0.25, 0.3) is 5.91 Å². The molecule has 0 aliphatic heterocycles. The summed E-state index contributed by atoms with van der Waals surface area (Å²) in [6, 6.07) is 12.4. The van der Waals surface area contributed by atoms with E-state index in [-0.39, 0.29) is 23.0 Å². The van der Waals surface area contributed by atoms with E-state index >= 15 is 0 Å². The maximum Gasteiger partial charge on any atom is 0.266 e. The summed E-state index contributed by atoms with van der Waals surface area (Å²) in [6.07, 6.45) is 5.20. The van der Waals surface area contributed by atoms with Crippen LogP contribution in [0.3, 0.4) is 0 Å². The molecule has 6 nitrogen and oxygen atoms in total. The zero-order chi connectivity index (χ0) is 26.5. The maximum absolute atomic E-state index is 12.9. The topological polar surface area (TPSA) is 95.1 Å². The number of benzene rings is 2. The number of carbonyl (C=O) groups is 1. The molecule has 1 N–H and O–H groups in total. The summed E-state index contributed by atoms with van der Waals surface area (Å²) in [4.78, 5) is 14.1. The lowest BCUT2D eigenvalue weighted by Crippen LogP contribution is -2.13. The smallest absolute Gasteiger partial charge is 0.266 e. The molecule has 1 heterocycles. The largest absolute Gasteiger partial charge is 0.493 e. The zero-order valence-electron chi connectivity index (χ0n) is 19.7. The normalized spacial score (nSPS) is 12.8. The number of carbonyl (C=O) groups excluding carboxylic acids is 1. The summed E-state index contributed by atoms with van der Waals surface area (Å²) in [6.45, 7) is 0.124. The minimum absolute atomic E-state index is 0.124. The molecule has 4 rings (SSSR count). The van der Waals surface area contributed by atoms with Gasteiger partial charge in [0.1, 0.15) is 29.3 Å². The lowest BCUT2D eigenvalue weighted by atomic mass is 9.96. The van der Waals surface area contributed by atoms with Crippen LogP contribution in [0.5, 0.6) is 11.5 Å². The SMILES string of the molecule is COc1cc(/C=C(\C#N)C(=O)Nc2sc3c(c2C#N)CCCC3)cc(Cl)c1OCc1ccc(Cl)cc1Cl. The molecule has 0 radical (unpaired) electrons. The van der Waals surface area contributed by atoms with Crippen LogP contribution in [0.25, 0.3) is 6.08 Å². The van der Waals surface area contributed by atoms with Gasteiger partial charge in [-0.2, -0.15) is 10.5 Å². The Balaban J connectivity index is 1.56. The molecule has 10 heteroatoms. The quantitative estimate of drug-likeness (QED) is 0.232. The van der Waals surface area contributed by atoms with Gasteiger partial charge in [0.05, 0.1) is 17.7 Å². The Morgan fingerprint density at radius 2 is 1.92 bits per heavy atom. The van der Waals surface area contributed by atoms with Crippen LogP contribution in [0.15, 0.2) is 35.9 Å². The maximum atomic E-state index is 12.9. The molecule has 1 aliphatic carbocycles. The Kier molecular flexibility index (Phi) is 8.63. The second-order valence-corrected chi connectivity index (χ2v) is 10.6. The van der Waals surface area contributed by atoms with Crippen LogP contribution in [-0.4, -0.2) is 13.0 Å². The van der Waals surface area contributed by atoms with Crippen molar-refractivity contribution in [3.8, 4) is 23.6 Å². The molecule has 1 amide bonds. The number of hydrogen-bond donors (Lipinski definition) is 1. The van der Waals surface area contributed by atoms with E-state index in [0.717, 1.165) is 36.1 Å². The third-order valence-electron chi connectivity index (χ3n) is 5.83. The Hall–Kier alpha value is -3.20. The number of halogens is 3. The van der Waals surface area contributed by atoms with Crippen LogP contribution in [0, 0.1) is 22.7 Å². The Morgan fingerprint density at radius 3 is 2.62 bits per heavy atom. The molecule has 0 bridgehead atoms. The molecule has 2 aromatic carbocycles. The van der Waals surface area contributed by atoms with Crippen molar-refractivity contribution in [2.24, 2.45) is 0 Å². The van der Waals surface area contributed by atoms with Gasteiger partial charge in [-0.3, -0.25) is 4.79 Å². The molecule has 0 saturated carbocycles. The molecule has 3 aromatic rings. The monoisotopic (exact) mass is 571 g/mol. The van der Waals surface area contributed by atoms with Crippen molar-refractivity contribution in [2.75, 3.05) is 12.4 Å². The first-order chi connectivity index (χ1) is 17.8. The van der Waals surface area contributed by atoms with E-state index in [1.807, 2.05) is 6.07 Å². The van der Waals surface area contributed by atoms with Crippen LogP contribution >= 0.6 is 46.1 Å². The first-order valence-electron chi connectivity index (χ1n) is 11.3. The number of fused-ring (bicyclic) bond motifs is 1. The van der Waals surface area contributed by atoms with Crippen molar-refractivity contribution in [3.05, 3.63) is 78.1 Å². The van der Waals surface area contributed by atoms with Crippen molar-refractivity contribution in [1.82, 2.24) is 0 Å². The highest BCUT2D eigenvalue weighted by molar-refractivity contribution is 7.16. The molecule has 1 aliphatic rings. The Bertz CT molecular complexity index is 1480. The number of anilines is 1. The summed E-state index contributed by atoms with van der Waals surface area (Å²) in [5.74, 6) is 0.00254. The highest BCUT2D eigenvalue weighted by atomic mass is 35.5. The summed E-state index contributed by atoms with van der Waals surface area (Å²) in [5.41, 5.74) is 2.52. The highest BCUT2D eigenvalue weighted by Crippen LogP contribution is 2.39. The van der Waals surface area contributed by atoms with Gasteiger partial charge in [-0.1, -0.05) is 40.9 Å². The molecular weight excluding hydrogens is 553 g/mol. The number of aryl methyl sites for hydroxylation is 1. The summed E-state index contributed by atoms with van der Waals surface area (Å²) in [5, 5.41) is 23.7. The number of rotatable bonds is 7. The van der Waals surface area contributed by atoms with Crippen molar-refractivity contribution in [3.63, 3.8) is 0 Å². The van der Waals surface area contributed by atoms with Crippen LogP contribution < -0.4 is 14.8 Å². The van der Waals surface area contributed by atoms with Gasteiger partial charge >= 0.3 is 0 Å². The third-order valence-corrected chi connectivity index (χ3v) is 7.90. The molecule has 0 atom stereocenters. The number of nitriles is 2. The molecule has 0 unspecified atom stereocenters. The molecular formula is C27H20Cl3N3O3S. The van der Waals surface area contributed by atoms with Gasteiger partial charge in [0.2, 0.25) is 0 Å². The van der Waals surface area contributed by atoms with Crippen molar-refractivity contribution >= 4 is 63.1 Å². The molecule has 37 heavy (non-hydrogen) atoms. The van der Waals surface area contributed by atoms with Gasteiger partial charge in [-0.05, 0) is 67.2 Å².